The Morgan fingerprint density at radius 1 is 0.473 bits per heavy atom. The topological polar surface area (TPSA) is 3.24 Å². The van der Waals surface area contributed by atoms with Crippen LogP contribution in [0.5, 0.6) is 0 Å². The van der Waals surface area contributed by atoms with Gasteiger partial charge >= 0.3 is 0 Å². The molecule has 0 unspecified atom stereocenters. The molecule has 1 nitrogen and oxygen atoms in total. The van der Waals surface area contributed by atoms with Crippen molar-refractivity contribution in [2.75, 3.05) is 4.90 Å². The van der Waals surface area contributed by atoms with Crippen molar-refractivity contribution in [1.29, 1.82) is 0 Å². The molecule has 0 bridgehead atoms. The molecule has 0 amide bonds. The van der Waals surface area contributed by atoms with E-state index in [1.54, 1.807) is 0 Å². The summed E-state index contributed by atoms with van der Waals surface area (Å²) in [5.41, 5.74) is 14.6. The summed E-state index contributed by atoms with van der Waals surface area (Å²) >= 11 is 1.88. The van der Waals surface area contributed by atoms with Gasteiger partial charge in [-0.15, -0.1) is 11.3 Å². The van der Waals surface area contributed by atoms with Crippen molar-refractivity contribution in [2.45, 2.75) is 20.8 Å². The van der Waals surface area contributed by atoms with Crippen molar-refractivity contribution in [3.63, 3.8) is 0 Å². The molecule has 260 valence electrons. The molecule has 3 heterocycles. The summed E-state index contributed by atoms with van der Waals surface area (Å²) in [4.78, 5) is 2.64. The molecule has 8 aromatic carbocycles. The van der Waals surface area contributed by atoms with E-state index in [9.17, 15) is 0 Å². The molecule has 0 saturated carbocycles. The van der Waals surface area contributed by atoms with E-state index in [1.807, 2.05) is 11.3 Å². The lowest BCUT2D eigenvalue weighted by Crippen LogP contribution is -2.78. The molecule has 0 radical (unpaired) electrons. The summed E-state index contributed by atoms with van der Waals surface area (Å²) in [5, 5.41) is 8.36. The number of hydrogen-bond acceptors (Lipinski definition) is 2. The Balaban J connectivity index is 1.26. The standard InChI is InChI=1S/C51H38BNSSi/c1-33-29-34(2)50(35(3)30-33)52-42-20-11-12-22-44(42)53-45-32-37(36-25-27-47-41(31-36)40-19-10-13-23-46(40)54-47)26-28-48(45)55(38-15-6-4-7-16-38,39-17-8-5-9-18-39)49-24-14-21-43(52)51(49)53/h4-32H,1-3H3. The molecule has 0 aliphatic carbocycles. The van der Waals surface area contributed by atoms with Gasteiger partial charge in [0.2, 0.25) is 6.71 Å². The number of anilines is 3. The number of aryl methyl sites for hydroxylation is 3. The molecule has 1 aromatic heterocycles. The van der Waals surface area contributed by atoms with Crippen molar-refractivity contribution in [1.82, 2.24) is 0 Å². The third-order valence-electron chi connectivity index (χ3n) is 12.3. The zero-order valence-corrected chi connectivity index (χ0v) is 33.0. The lowest BCUT2D eigenvalue weighted by atomic mass is 9.34. The Hall–Kier alpha value is -5.94. The number of thiophene rings is 1. The van der Waals surface area contributed by atoms with E-state index in [0.717, 1.165) is 0 Å². The van der Waals surface area contributed by atoms with Crippen molar-refractivity contribution in [3.8, 4) is 11.1 Å². The van der Waals surface area contributed by atoms with Crippen LogP contribution in [0.25, 0.3) is 31.3 Å². The van der Waals surface area contributed by atoms with Gasteiger partial charge in [0, 0.05) is 37.2 Å². The van der Waals surface area contributed by atoms with E-state index in [1.165, 1.54) is 102 Å². The van der Waals surface area contributed by atoms with E-state index in [-0.39, 0.29) is 6.71 Å². The molecule has 11 rings (SSSR count). The molecule has 9 aromatic rings. The summed E-state index contributed by atoms with van der Waals surface area (Å²) in [7, 11) is -2.85. The second kappa shape index (κ2) is 12.3. The zero-order valence-electron chi connectivity index (χ0n) is 31.2. The minimum atomic E-state index is -2.85. The highest BCUT2D eigenvalue weighted by molar-refractivity contribution is 7.25. The smallest absolute Gasteiger partial charge is 0.247 e. The van der Waals surface area contributed by atoms with Crippen molar-refractivity contribution >= 4 is 100 Å². The molecular formula is C51H38BNSSi. The number of hydrogen-bond donors (Lipinski definition) is 0. The fraction of sp³-hybridized carbons (Fsp3) is 0.0588. The molecule has 0 atom stereocenters. The summed E-state index contributed by atoms with van der Waals surface area (Å²) in [5.74, 6) is 0. The largest absolute Gasteiger partial charge is 0.312 e. The number of fused-ring (bicyclic) bond motifs is 7. The number of nitrogens with zero attached hydrogens (tertiary/aromatic N) is 1. The van der Waals surface area contributed by atoms with Crippen LogP contribution in [0.1, 0.15) is 16.7 Å². The molecule has 55 heavy (non-hydrogen) atoms. The van der Waals surface area contributed by atoms with Gasteiger partial charge in [-0.05, 0) is 93.9 Å². The van der Waals surface area contributed by atoms with Gasteiger partial charge in [-0.1, -0.05) is 168 Å². The SMILES string of the molecule is Cc1cc(C)c(B2c3ccccc3N3c4cc(-c5ccc6sc7ccccc7c6c5)ccc4[Si](c4ccccc4)(c4ccccc4)c4cccc2c43)c(C)c1. The maximum Gasteiger partial charge on any atom is 0.247 e. The Morgan fingerprint density at radius 2 is 1.09 bits per heavy atom. The minimum Gasteiger partial charge on any atom is -0.312 e. The number of benzene rings is 8. The highest BCUT2D eigenvalue weighted by atomic mass is 32.1. The Kier molecular flexibility index (Phi) is 7.26. The monoisotopic (exact) mass is 735 g/mol. The van der Waals surface area contributed by atoms with Crippen LogP contribution in [0, 0.1) is 20.8 Å². The van der Waals surface area contributed by atoms with Gasteiger partial charge in [0.25, 0.3) is 0 Å². The first-order chi connectivity index (χ1) is 27.0. The van der Waals surface area contributed by atoms with Crippen LogP contribution in [-0.4, -0.2) is 14.8 Å². The molecular weight excluding hydrogens is 698 g/mol. The molecule has 0 N–H and O–H groups in total. The van der Waals surface area contributed by atoms with Crippen LogP contribution in [-0.2, 0) is 0 Å². The zero-order chi connectivity index (χ0) is 36.8. The highest BCUT2D eigenvalue weighted by Crippen LogP contribution is 2.42. The van der Waals surface area contributed by atoms with Gasteiger partial charge in [0.15, 0.2) is 8.07 Å². The predicted octanol–water partition coefficient (Wildman–Crippen LogP) is 8.64. The summed E-state index contributed by atoms with van der Waals surface area (Å²) in [6.07, 6.45) is 0. The predicted molar refractivity (Wildman–Crippen MR) is 242 cm³/mol. The van der Waals surface area contributed by atoms with E-state index in [2.05, 4.69) is 202 Å². The van der Waals surface area contributed by atoms with Gasteiger partial charge in [0.1, 0.15) is 0 Å². The van der Waals surface area contributed by atoms with Crippen molar-refractivity contribution in [3.05, 3.63) is 193 Å². The Morgan fingerprint density at radius 3 is 1.85 bits per heavy atom. The molecule has 0 spiro atoms. The second-order valence-electron chi connectivity index (χ2n) is 15.4. The van der Waals surface area contributed by atoms with Crippen LogP contribution >= 0.6 is 11.3 Å². The van der Waals surface area contributed by atoms with E-state index in [4.69, 9.17) is 0 Å². The molecule has 0 saturated heterocycles. The normalized spacial score (nSPS) is 13.8. The van der Waals surface area contributed by atoms with Gasteiger partial charge in [-0.3, -0.25) is 0 Å². The third kappa shape index (κ3) is 4.65. The fourth-order valence-corrected chi connectivity index (χ4v) is 16.4. The van der Waals surface area contributed by atoms with Gasteiger partial charge < -0.3 is 4.90 Å². The molecule has 2 aliphatic rings. The quantitative estimate of drug-likeness (QED) is 0.164. The van der Waals surface area contributed by atoms with Crippen molar-refractivity contribution in [2.24, 2.45) is 0 Å². The van der Waals surface area contributed by atoms with Gasteiger partial charge in [0.05, 0.1) is 0 Å². The molecule has 0 fully saturated rings. The maximum atomic E-state index is 2.64. The average Bonchev–Trinajstić information content (AvgIpc) is 3.60. The first kappa shape index (κ1) is 32.5. The lowest BCUT2D eigenvalue weighted by Gasteiger charge is -2.49. The Labute approximate surface area is 328 Å². The number of para-hydroxylation sites is 2. The first-order valence-electron chi connectivity index (χ1n) is 19.3. The third-order valence-corrected chi connectivity index (χ3v) is 18.3. The van der Waals surface area contributed by atoms with Gasteiger partial charge in [-0.25, -0.2) is 0 Å². The van der Waals surface area contributed by atoms with Crippen LogP contribution in [0.4, 0.5) is 17.1 Å². The fourth-order valence-electron chi connectivity index (χ4n) is 10.2. The summed E-state index contributed by atoms with van der Waals surface area (Å²) in [6, 6.07) is 67.3. The van der Waals surface area contributed by atoms with Crippen LogP contribution < -0.4 is 42.0 Å². The van der Waals surface area contributed by atoms with Gasteiger partial charge in [-0.2, -0.15) is 0 Å². The molecule has 2 aliphatic heterocycles. The summed E-state index contributed by atoms with van der Waals surface area (Å²) < 4.78 is 2.67. The first-order valence-corrected chi connectivity index (χ1v) is 22.1. The van der Waals surface area contributed by atoms with Crippen LogP contribution in [0.3, 0.4) is 0 Å². The maximum absolute atomic E-state index is 2.85. The average molecular weight is 736 g/mol. The van der Waals surface area contributed by atoms with E-state index < -0.39 is 8.07 Å². The number of rotatable bonds is 4. The second-order valence-corrected chi connectivity index (χ2v) is 20.2. The molecule has 4 heteroatoms. The van der Waals surface area contributed by atoms with Crippen LogP contribution in [0.15, 0.2) is 176 Å². The van der Waals surface area contributed by atoms with Crippen LogP contribution in [0.2, 0.25) is 0 Å². The summed E-state index contributed by atoms with van der Waals surface area (Å²) in [6.45, 7) is 6.95. The van der Waals surface area contributed by atoms with E-state index >= 15 is 0 Å². The highest BCUT2D eigenvalue weighted by Gasteiger charge is 2.52. The Bertz CT molecular complexity index is 2920. The minimum absolute atomic E-state index is 0.111. The van der Waals surface area contributed by atoms with Crippen molar-refractivity contribution < 1.29 is 0 Å². The lowest BCUT2D eigenvalue weighted by molar-refractivity contribution is 1.29. The van der Waals surface area contributed by atoms with E-state index in [0.29, 0.717) is 0 Å².